The fraction of sp³-hybridized carbons (Fsp3) is 0.538. The number of hydrogen-bond acceptors (Lipinski definition) is 2. The summed E-state index contributed by atoms with van der Waals surface area (Å²) in [6.45, 7) is 5.20. The van der Waals surface area contributed by atoms with Crippen LogP contribution < -0.4 is 4.90 Å². The van der Waals surface area contributed by atoms with Crippen molar-refractivity contribution in [2.45, 2.75) is 38.3 Å². The molecule has 2 nitrogen and oxygen atoms in total. The van der Waals surface area contributed by atoms with Crippen LogP contribution in [0.5, 0.6) is 0 Å². The van der Waals surface area contributed by atoms with Crippen molar-refractivity contribution in [2.24, 2.45) is 0 Å². The van der Waals surface area contributed by atoms with Gasteiger partial charge in [0.2, 0.25) is 0 Å². The first-order valence-electron chi connectivity index (χ1n) is 5.70. The van der Waals surface area contributed by atoms with Crippen molar-refractivity contribution in [3.05, 3.63) is 28.7 Å². The molecule has 0 saturated carbocycles. The number of piperidine rings is 1. The topological polar surface area (TPSA) is 23.5 Å². The molecule has 1 N–H and O–H groups in total. The Labute approximate surface area is 105 Å². The highest BCUT2D eigenvalue weighted by Gasteiger charge is 2.33. The van der Waals surface area contributed by atoms with Gasteiger partial charge in [-0.2, -0.15) is 0 Å². The summed E-state index contributed by atoms with van der Waals surface area (Å²) in [6.07, 6.45) is 1.74. The molecule has 0 aromatic heterocycles. The smallest absolute Gasteiger partial charge is 0.0716 e. The van der Waals surface area contributed by atoms with Crippen LogP contribution in [0.4, 0.5) is 5.69 Å². The van der Waals surface area contributed by atoms with Crippen molar-refractivity contribution in [1.82, 2.24) is 0 Å². The number of anilines is 1. The molecule has 1 fully saturated rings. The number of hydrogen-bond donors (Lipinski definition) is 1. The molecule has 1 saturated heterocycles. The van der Waals surface area contributed by atoms with Crippen LogP contribution in [0.2, 0.25) is 0 Å². The van der Waals surface area contributed by atoms with Gasteiger partial charge in [0.1, 0.15) is 0 Å². The summed E-state index contributed by atoms with van der Waals surface area (Å²) in [7, 11) is 0. The van der Waals surface area contributed by atoms with Gasteiger partial charge >= 0.3 is 0 Å². The SMILES string of the molecule is CC1(C)CCC(O)CN1c1ccc(Br)cc1. The lowest BCUT2D eigenvalue weighted by Crippen LogP contribution is -2.52. The second-order valence-electron chi connectivity index (χ2n) is 5.09. The lowest BCUT2D eigenvalue weighted by molar-refractivity contribution is 0.126. The van der Waals surface area contributed by atoms with Gasteiger partial charge in [-0.25, -0.2) is 0 Å². The van der Waals surface area contributed by atoms with Crippen LogP contribution in [0.3, 0.4) is 0 Å². The van der Waals surface area contributed by atoms with E-state index >= 15 is 0 Å². The normalized spacial score (nSPS) is 24.5. The number of nitrogens with zero attached hydrogens (tertiary/aromatic N) is 1. The van der Waals surface area contributed by atoms with Crippen LogP contribution in [0.25, 0.3) is 0 Å². The third kappa shape index (κ3) is 2.41. The third-order valence-corrected chi connectivity index (χ3v) is 3.88. The highest BCUT2D eigenvalue weighted by molar-refractivity contribution is 9.10. The predicted octanol–water partition coefficient (Wildman–Crippen LogP) is 3.19. The standard InChI is InChI=1S/C13H18BrNO/c1-13(2)8-7-12(16)9-15(13)11-5-3-10(14)4-6-11/h3-6,12,16H,7-9H2,1-2H3. The number of aliphatic hydroxyl groups is 1. The zero-order chi connectivity index (χ0) is 11.8. The van der Waals surface area contributed by atoms with E-state index < -0.39 is 0 Å². The molecule has 16 heavy (non-hydrogen) atoms. The molecule has 1 aromatic rings. The van der Waals surface area contributed by atoms with E-state index in [4.69, 9.17) is 0 Å². The lowest BCUT2D eigenvalue weighted by atomic mass is 9.88. The van der Waals surface area contributed by atoms with Crippen molar-refractivity contribution in [3.63, 3.8) is 0 Å². The van der Waals surface area contributed by atoms with E-state index in [9.17, 15) is 5.11 Å². The number of halogens is 1. The van der Waals surface area contributed by atoms with Gasteiger partial charge in [0, 0.05) is 22.2 Å². The van der Waals surface area contributed by atoms with Crippen molar-refractivity contribution >= 4 is 21.6 Å². The van der Waals surface area contributed by atoms with E-state index in [1.54, 1.807) is 0 Å². The molecule has 1 aromatic carbocycles. The van der Waals surface area contributed by atoms with E-state index in [2.05, 4.69) is 46.8 Å². The minimum atomic E-state index is -0.198. The lowest BCUT2D eigenvalue weighted by Gasteiger charge is -2.46. The molecule has 0 amide bonds. The summed E-state index contributed by atoms with van der Waals surface area (Å²) in [5.74, 6) is 0. The highest BCUT2D eigenvalue weighted by Crippen LogP contribution is 2.33. The summed E-state index contributed by atoms with van der Waals surface area (Å²) in [6, 6.07) is 8.30. The van der Waals surface area contributed by atoms with E-state index in [1.165, 1.54) is 5.69 Å². The number of benzene rings is 1. The van der Waals surface area contributed by atoms with Crippen LogP contribution in [0.15, 0.2) is 28.7 Å². The zero-order valence-corrected chi connectivity index (χ0v) is 11.4. The fourth-order valence-electron chi connectivity index (χ4n) is 2.28. The summed E-state index contributed by atoms with van der Waals surface area (Å²) < 4.78 is 1.09. The molecule has 1 atom stereocenters. The second-order valence-corrected chi connectivity index (χ2v) is 6.01. The van der Waals surface area contributed by atoms with Crippen molar-refractivity contribution in [1.29, 1.82) is 0 Å². The van der Waals surface area contributed by atoms with Gasteiger partial charge in [0.25, 0.3) is 0 Å². The summed E-state index contributed by atoms with van der Waals surface area (Å²) in [5.41, 5.74) is 1.32. The van der Waals surface area contributed by atoms with Gasteiger partial charge in [-0.15, -0.1) is 0 Å². The van der Waals surface area contributed by atoms with Crippen LogP contribution in [0, 0.1) is 0 Å². The van der Waals surface area contributed by atoms with Gasteiger partial charge in [-0.05, 0) is 51.0 Å². The van der Waals surface area contributed by atoms with E-state index in [1.807, 2.05) is 12.1 Å². The van der Waals surface area contributed by atoms with Crippen molar-refractivity contribution < 1.29 is 5.11 Å². The molecule has 0 radical (unpaired) electrons. The Hall–Kier alpha value is -0.540. The minimum absolute atomic E-state index is 0.132. The van der Waals surface area contributed by atoms with Crippen LogP contribution in [-0.2, 0) is 0 Å². The summed E-state index contributed by atoms with van der Waals surface area (Å²) in [5, 5.41) is 9.78. The van der Waals surface area contributed by atoms with Crippen molar-refractivity contribution in [3.8, 4) is 0 Å². The maximum Gasteiger partial charge on any atom is 0.0716 e. The number of β-amino-alcohol motifs (C(OH)–C–C–N with tert-alkyl or cyclic N) is 1. The monoisotopic (exact) mass is 283 g/mol. The van der Waals surface area contributed by atoms with Gasteiger partial charge in [0.05, 0.1) is 6.10 Å². The Morgan fingerprint density at radius 2 is 1.94 bits per heavy atom. The molecule has 0 aliphatic carbocycles. The highest BCUT2D eigenvalue weighted by atomic mass is 79.9. The van der Waals surface area contributed by atoms with Crippen LogP contribution >= 0.6 is 15.9 Å². The Kier molecular flexibility index (Phi) is 3.27. The Bertz CT molecular complexity index is 361. The fourth-order valence-corrected chi connectivity index (χ4v) is 2.54. The van der Waals surface area contributed by atoms with Crippen molar-refractivity contribution in [2.75, 3.05) is 11.4 Å². The quantitative estimate of drug-likeness (QED) is 0.856. The van der Waals surface area contributed by atoms with E-state index in [0.717, 1.165) is 23.9 Å². The maximum absolute atomic E-state index is 9.78. The Balaban J connectivity index is 2.26. The second kappa shape index (κ2) is 4.38. The van der Waals surface area contributed by atoms with Gasteiger partial charge in [0.15, 0.2) is 0 Å². The molecule has 2 rings (SSSR count). The minimum Gasteiger partial charge on any atom is -0.391 e. The molecule has 0 bridgehead atoms. The van der Waals surface area contributed by atoms with Crippen LogP contribution in [-0.4, -0.2) is 23.3 Å². The molecular formula is C13H18BrNO. The number of aliphatic hydroxyl groups excluding tert-OH is 1. The zero-order valence-electron chi connectivity index (χ0n) is 9.78. The molecule has 1 aliphatic heterocycles. The average Bonchev–Trinajstić information content (AvgIpc) is 2.23. The number of rotatable bonds is 1. The summed E-state index contributed by atoms with van der Waals surface area (Å²) in [4.78, 5) is 2.30. The third-order valence-electron chi connectivity index (χ3n) is 3.35. The van der Waals surface area contributed by atoms with Gasteiger partial charge in [-0.1, -0.05) is 15.9 Å². The maximum atomic E-state index is 9.78. The Morgan fingerprint density at radius 3 is 2.56 bits per heavy atom. The largest absolute Gasteiger partial charge is 0.391 e. The van der Waals surface area contributed by atoms with E-state index in [-0.39, 0.29) is 11.6 Å². The first-order chi connectivity index (χ1) is 7.49. The van der Waals surface area contributed by atoms with Crippen LogP contribution in [0.1, 0.15) is 26.7 Å². The molecule has 0 spiro atoms. The molecule has 88 valence electrons. The molecule has 1 heterocycles. The molecular weight excluding hydrogens is 266 g/mol. The first-order valence-corrected chi connectivity index (χ1v) is 6.50. The molecule has 1 unspecified atom stereocenters. The summed E-state index contributed by atoms with van der Waals surface area (Å²) >= 11 is 3.44. The molecule has 1 aliphatic rings. The van der Waals surface area contributed by atoms with Gasteiger partial charge < -0.3 is 10.0 Å². The Morgan fingerprint density at radius 1 is 1.31 bits per heavy atom. The predicted molar refractivity (Wildman–Crippen MR) is 70.8 cm³/mol. The molecule has 3 heteroatoms. The van der Waals surface area contributed by atoms with E-state index in [0.29, 0.717) is 0 Å². The van der Waals surface area contributed by atoms with Gasteiger partial charge in [-0.3, -0.25) is 0 Å². The first kappa shape index (κ1) is 11.9. The average molecular weight is 284 g/mol.